The zero-order chi connectivity index (χ0) is 22.6. The minimum absolute atomic E-state index is 0.0287. The van der Waals surface area contributed by atoms with Crippen molar-refractivity contribution in [3.8, 4) is 0 Å². The maximum atomic E-state index is 13.1. The van der Waals surface area contributed by atoms with Gasteiger partial charge in [-0.1, -0.05) is 35.6 Å². The number of amides is 1. The minimum Gasteiger partial charge on any atom is -0.477 e. The summed E-state index contributed by atoms with van der Waals surface area (Å²) in [6.07, 6.45) is -4.47. The van der Waals surface area contributed by atoms with E-state index < -0.39 is 30.2 Å². The Kier molecular flexibility index (Phi) is 6.56. The number of carbonyl (C=O) groups is 2. The van der Waals surface area contributed by atoms with Gasteiger partial charge in [0.25, 0.3) is 5.91 Å². The molecule has 1 aromatic heterocycles. The fourth-order valence-corrected chi connectivity index (χ4v) is 3.51. The number of hydrogen-bond acceptors (Lipinski definition) is 6. The molecule has 31 heavy (non-hydrogen) atoms. The molecule has 3 aromatic rings. The third kappa shape index (κ3) is 5.38. The van der Waals surface area contributed by atoms with E-state index in [1.165, 1.54) is 30.3 Å². The maximum Gasteiger partial charge on any atom is 0.418 e. The van der Waals surface area contributed by atoms with Crippen LogP contribution in [0.15, 0.2) is 48.5 Å². The van der Waals surface area contributed by atoms with Gasteiger partial charge in [-0.05, 0) is 29.8 Å². The van der Waals surface area contributed by atoms with Gasteiger partial charge in [-0.3, -0.25) is 10.1 Å². The van der Waals surface area contributed by atoms with Crippen LogP contribution in [-0.2, 0) is 19.3 Å². The van der Waals surface area contributed by atoms with Crippen molar-refractivity contribution in [3.05, 3.63) is 75.8 Å². The van der Waals surface area contributed by atoms with E-state index >= 15 is 0 Å². The van der Waals surface area contributed by atoms with Gasteiger partial charge in [-0.2, -0.15) is 13.2 Å². The van der Waals surface area contributed by atoms with Gasteiger partial charge >= 0.3 is 12.1 Å². The molecule has 0 bridgehead atoms. The Labute approximate surface area is 178 Å². The molecule has 162 valence electrons. The standard InChI is InChI=1S/C20H16F3N3O4S/c21-20(22,23)13-3-1-2-4-14(13)24-9-11-5-7-12(8-6-11)17(28)26-19-25-15(10-27)16(31-19)18(29)30/h1-8,24,27H,9-10H2,(H,29,30)(H,25,26,28). The molecule has 0 radical (unpaired) electrons. The number of alkyl halides is 3. The topological polar surface area (TPSA) is 112 Å². The first-order valence-electron chi connectivity index (χ1n) is 8.83. The molecule has 0 aliphatic rings. The van der Waals surface area contributed by atoms with Crippen molar-refractivity contribution in [2.75, 3.05) is 10.6 Å². The number of aliphatic hydroxyl groups excluding tert-OH is 1. The predicted octanol–water partition coefficient (Wildman–Crippen LogP) is 4.22. The summed E-state index contributed by atoms with van der Waals surface area (Å²) < 4.78 is 39.2. The SMILES string of the molecule is O=C(Nc1nc(CO)c(C(=O)O)s1)c1ccc(CNc2ccccc2C(F)(F)F)cc1. The van der Waals surface area contributed by atoms with Gasteiger partial charge in [0.1, 0.15) is 4.88 Å². The van der Waals surface area contributed by atoms with Crippen LogP contribution in [0.25, 0.3) is 0 Å². The molecule has 0 fully saturated rings. The van der Waals surface area contributed by atoms with Crippen molar-refractivity contribution >= 4 is 34.0 Å². The molecule has 0 aliphatic carbocycles. The Bertz CT molecular complexity index is 1100. The van der Waals surface area contributed by atoms with Crippen molar-refractivity contribution in [1.82, 2.24) is 4.98 Å². The monoisotopic (exact) mass is 451 g/mol. The van der Waals surface area contributed by atoms with Gasteiger partial charge in [0.15, 0.2) is 5.13 Å². The molecule has 1 amide bonds. The lowest BCUT2D eigenvalue weighted by Gasteiger charge is -2.14. The Morgan fingerprint density at radius 3 is 2.32 bits per heavy atom. The summed E-state index contributed by atoms with van der Waals surface area (Å²) in [5.41, 5.74) is 0.0378. The second-order valence-electron chi connectivity index (χ2n) is 6.31. The summed E-state index contributed by atoms with van der Waals surface area (Å²) in [5, 5.41) is 23.5. The number of aromatic nitrogens is 1. The van der Waals surface area contributed by atoms with Crippen LogP contribution >= 0.6 is 11.3 Å². The van der Waals surface area contributed by atoms with Crippen molar-refractivity contribution in [2.45, 2.75) is 19.3 Å². The normalized spacial score (nSPS) is 11.2. The largest absolute Gasteiger partial charge is 0.477 e. The maximum absolute atomic E-state index is 13.1. The number of carboxylic acids is 1. The zero-order valence-electron chi connectivity index (χ0n) is 15.7. The Morgan fingerprint density at radius 2 is 1.74 bits per heavy atom. The number of anilines is 2. The highest BCUT2D eigenvalue weighted by molar-refractivity contribution is 7.17. The molecule has 0 atom stereocenters. The summed E-state index contributed by atoms with van der Waals surface area (Å²) >= 11 is 0.723. The molecule has 0 saturated carbocycles. The van der Waals surface area contributed by atoms with E-state index in [0.717, 1.165) is 17.4 Å². The molecular weight excluding hydrogens is 435 g/mol. The lowest BCUT2D eigenvalue weighted by Crippen LogP contribution is -2.12. The summed E-state index contributed by atoms with van der Waals surface area (Å²) in [6, 6.07) is 11.3. The molecule has 2 aromatic carbocycles. The highest BCUT2D eigenvalue weighted by atomic mass is 32.1. The first kappa shape index (κ1) is 22.2. The summed E-state index contributed by atoms with van der Waals surface area (Å²) in [5.74, 6) is -1.80. The number of thiazole rings is 1. The van der Waals surface area contributed by atoms with Gasteiger partial charge in [-0.15, -0.1) is 0 Å². The van der Waals surface area contributed by atoms with E-state index in [2.05, 4.69) is 15.6 Å². The van der Waals surface area contributed by atoms with E-state index in [0.29, 0.717) is 5.56 Å². The molecule has 11 heteroatoms. The third-order valence-corrected chi connectivity index (χ3v) is 5.19. The van der Waals surface area contributed by atoms with Crippen molar-refractivity contribution in [2.24, 2.45) is 0 Å². The highest BCUT2D eigenvalue weighted by Gasteiger charge is 2.33. The third-order valence-electron chi connectivity index (χ3n) is 4.19. The lowest BCUT2D eigenvalue weighted by atomic mass is 10.1. The van der Waals surface area contributed by atoms with E-state index in [1.807, 2.05) is 0 Å². The van der Waals surface area contributed by atoms with Crippen LogP contribution in [0.3, 0.4) is 0 Å². The molecule has 4 N–H and O–H groups in total. The first-order valence-corrected chi connectivity index (χ1v) is 9.65. The molecule has 0 saturated heterocycles. The number of nitrogens with zero attached hydrogens (tertiary/aromatic N) is 1. The van der Waals surface area contributed by atoms with Crippen LogP contribution in [0.2, 0.25) is 0 Å². The number of carbonyl (C=O) groups excluding carboxylic acids is 1. The molecule has 3 rings (SSSR count). The van der Waals surface area contributed by atoms with Gasteiger partial charge in [0.2, 0.25) is 0 Å². The zero-order valence-corrected chi connectivity index (χ0v) is 16.5. The Hall–Kier alpha value is -3.44. The van der Waals surface area contributed by atoms with E-state index in [4.69, 9.17) is 10.2 Å². The molecule has 7 nitrogen and oxygen atoms in total. The second kappa shape index (κ2) is 9.14. The fourth-order valence-electron chi connectivity index (χ4n) is 2.70. The van der Waals surface area contributed by atoms with Crippen molar-refractivity contribution in [1.29, 1.82) is 0 Å². The van der Waals surface area contributed by atoms with Crippen LogP contribution < -0.4 is 10.6 Å². The average Bonchev–Trinajstić information content (AvgIpc) is 3.15. The van der Waals surface area contributed by atoms with Gasteiger partial charge < -0.3 is 15.5 Å². The Morgan fingerprint density at radius 1 is 1.06 bits per heavy atom. The van der Waals surface area contributed by atoms with Crippen LogP contribution in [0.4, 0.5) is 24.0 Å². The molecule has 1 heterocycles. The van der Waals surface area contributed by atoms with Gasteiger partial charge in [0, 0.05) is 17.8 Å². The minimum atomic E-state index is -4.47. The van der Waals surface area contributed by atoms with Crippen LogP contribution in [0, 0.1) is 0 Å². The lowest BCUT2D eigenvalue weighted by molar-refractivity contribution is -0.137. The van der Waals surface area contributed by atoms with E-state index in [-0.39, 0.29) is 33.5 Å². The average molecular weight is 451 g/mol. The molecule has 0 spiro atoms. The predicted molar refractivity (Wildman–Crippen MR) is 108 cm³/mol. The fraction of sp³-hybridized carbons (Fsp3) is 0.150. The number of nitrogens with one attached hydrogen (secondary N) is 2. The number of carboxylic acid groups (broad SMARTS) is 1. The number of para-hydroxylation sites is 1. The summed E-state index contributed by atoms with van der Waals surface area (Å²) in [7, 11) is 0. The summed E-state index contributed by atoms with van der Waals surface area (Å²) in [6.45, 7) is -0.462. The van der Waals surface area contributed by atoms with Gasteiger partial charge in [-0.25, -0.2) is 9.78 Å². The number of benzene rings is 2. The van der Waals surface area contributed by atoms with Gasteiger partial charge in [0.05, 0.1) is 17.9 Å². The number of aromatic carboxylic acids is 1. The number of aliphatic hydroxyl groups is 1. The van der Waals surface area contributed by atoms with E-state index in [1.54, 1.807) is 12.1 Å². The Balaban J connectivity index is 1.66. The van der Waals surface area contributed by atoms with E-state index in [9.17, 15) is 22.8 Å². The van der Waals surface area contributed by atoms with Crippen molar-refractivity contribution in [3.63, 3.8) is 0 Å². The molecular formula is C20H16F3N3O4S. The number of rotatable bonds is 7. The van der Waals surface area contributed by atoms with Crippen molar-refractivity contribution < 1.29 is 33.0 Å². The second-order valence-corrected chi connectivity index (χ2v) is 7.31. The first-order chi connectivity index (χ1) is 14.7. The van der Waals surface area contributed by atoms with Crippen LogP contribution in [0.1, 0.15) is 36.9 Å². The quantitative estimate of drug-likeness (QED) is 0.428. The summed E-state index contributed by atoms with van der Waals surface area (Å²) in [4.78, 5) is 27.2. The molecule has 0 unspecified atom stereocenters. The smallest absolute Gasteiger partial charge is 0.418 e. The van der Waals surface area contributed by atoms with Crippen LogP contribution in [-0.4, -0.2) is 27.1 Å². The molecule has 0 aliphatic heterocycles. The highest BCUT2D eigenvalue weighted by Crippen LogP contribution is 2.34. The number of halogens is 3. The number of hydrogen-bond donors (Lipinski definition) is 4. The van der Waals surface area contributed by atoms with Crippen LogP contribution in [0.5, 0.6) is 0 Å².